The van der Waals surface area contributed by atoms with Crippen molar-refractivity contribution in [3.05, 3.63) is 74.8 Å². The number of benzene rings is 2. The van der Waals surface area contributed by atoms with Gasteiger partial charge in [0.05, 0.1) is 18.1 Å². The van der Waals surface area contributed by atoms with Crippen LogP contribution in [0.1, 0.15) is 29.5 Å². The highest BCUT2D eigenvalue weighted by Crippen LogP contribution is 2.50. The van der Waals surface area contributed by atoms with Gasteiger partial charge in [-0.2, -0.15) is 0 Å². The first-order chi connectivity index (χ1) is 12.1. The Kier molecular flexibility index (Phi) is 3.88. The normalized spacial score (nSPS) is 23.5. The number of hydrogen-bond donors (Lipinski definition) is 1. The fraction of sp³-hybridized carbons (Fsp3) is 0.263. The van der Waals surface area contributed by atoms with E-state index in [1.807, 2.05) is 24.3 Å². The van der Waals surface area contributed by atoms with Gasteiger partial charge in [0, 0.05) is 22.7 Å². The van der Waals surface area contributed by atoms with Crippen LogP contribution >= 0.6 is 11.6 Å². The van der Waals surface area contributed by atoms with Gasteiger partial charge in [-0.3, -0.25) is 10.1 Å². The van der Waals surface area contributed by atoms with E-state index in [9.17, 15) is 10.1 Å². The van der Waals surface area contributed by atoms with Crippen molar-refractivity contribution in [1.82, 2.24) is 0 Å². The van der Waals surface area contributed by atoms with Crippen LogP contribution in [-0.4, -0.2) is 12.0 Å². The van der Waals surface area contributed by atoms with Gasteiger partial charge in [-0.25, -0.2) is 0 Å². The van der Waals surface area contributed by atoms with Crippen molar-refractivity contribution in [1.29, 1.82) is 0 Å². The minimum absolute atomic E-state index is 0.00159. The molecule has 5 nitrogen and oxygen atoms in total. The van der Waals surface area contributed by atoms with Crippen LogP contribution in [0.2, 0.25) is 5.02 Å². The Balaban J connectivity index is 1.78. The summed E-state index contributed by atoms with van der Waals surface area (Å²) in [6.45, 7) is 0. The number of methoxy groups -OCH3 is 1. The summed E-state index contributed by atoms with van der Waals surface area (Å²) in [5.41, 5.74) is 3.10. The Morgan fingerprint density at radius 1 is 1.28 bits per heavy atom. The summed E-state index contributed by atoms with van der Waals surface area (Å²) in [5.74, 6) is 0.845. The molecule has 0 fully saturated rings. The molecule has 2 aliphatic rings. The molecule has 1 heterocycles. The number of nitro groups is 1. The summed E-state index contributed by atoms with van der Waals surface area (Å²) < 4.78 is 5.12. The standard InChI is InChI=1S/C19H17ClN2O3/c1-25-18-8-5-11(9-17(18)22(23)24)19-14-4-2-3-13(14)15-10-12(20)6-7-16(15)21-19/h2-3,5-10,13-14,19,21H,4H2,1H3/t13-,14+,19-/m0/s1. The Morgan fingerprint density at radius 2 is 2.12 bits per heavy atom. The quantitative estimate of drug-likeness (QED) is 0.473. The van der Waals surface area contributed by atoms with Crippen LogP contribution in [0, 0.1) is 16.0 Å². The Morgan fingerprint density at radius 3 is 2.88 bits per heavy atom. The molecular formula is C19H17ClN2O3. The zero-order valence-electron chi connectivity index (χ0n) is 13.6. The first-order valence-corrected chi connectivity index (χ1v) is 8.51. The van der Waals surface area contributed by atoms with E-state index in [4.69, 9.17) is 16.3 Å². The maximum atomic E-state index is 11.4. The number of ether oxygens (including phenoxy) is 1. The highest BCUT2D eigenvalue weighted by atomic mass is 35.5. The van der Waals surface area contributed by atoms with Crippen molar-refractivity contribution >= 4 is 23.0 Å². The average molecular weight is 357 g/mol. The second-order valence-corrected chi connectivity index (χ2v) is 6.83. The van der Waals surface area contributed by atoms with Crippen molar-refractivity contribution in [2.45, 2.75) is 18.4 Å². The first kappa shape index (κ1) is 16.0. The molecule has 1 aliphatic carbocycles. The van der Waals surface area contributed by atoms with Crippen molar-refractivity contribution < 1.29 is 9.66 Å². The number of anilines is 1. The first-order valence-electron chi connectivity index (χ1n) is 8.13. The summed E-state index contributed by atoms with van der Waals surface area (Å²) in [5, 5.41) is 15.6. The topological polar surface area (TPSA) is 64.4 Å². The van der Waals surface area contributed by atoms with Crippen LogP contribution in [0.15, 0.2) is 48.6 Å². The van der Waals surface area contributed by atoms with E-state index in [0.717, 1.165) is 22.7 Å². The molecule has 4 rings (SSSR count). The molecule has 6 heteroatoms. The summed E-state index contributed by atoms with van der Waals surface area (Å²) >= 11 is 6.17. The zero-order chi connectivity index (χ0) is 17.6. The Bertz CT molecular complexity index is 881. The number of rotatable bonds is 3. The van der Waals surface area contributed by atoms with E-state index in [1.165, 1.54) is 12.7 Å². The third-order valence-electron chi connectivity index (χ3n) is 5.08. The van der Waals surface area contributed by atoms with E-state index in [0.29, 0.717) is 5.92 Å². The fourth-order valence-corrected chi connectivity index (χ4v) is 4.12. The van der Waals surface area contributed by atoms with Crippen LogP contribution in [0.4, 0.5) is 11.4 Å². The minimum Gasteiger partial charge on any atom is -0.490 e. The van der Waals surface area contributed by atoms with E-state index >= 15 is 0 Å². The second-order valence-electron chi connectivity index (χ2n) is 6.40. The maximum absolute atomic E-state index is 11.4. The van der Waals surface area contributed by atoms with Gasteiger partial charge in [0.1, 0.15) is 0 Å². The third kappa shape index (κ3) is 2.65. The van der Waals surface area contributed by atoms with Gasteiger partial charge in [0.15, 0.2) is 5.75 Å². The number of fused-ring (bicyclic) bond motifs is 3. The predicted molar refractivity (Wildman–Crippen MR) is 97.5 cm³/mol. The monoisotopic (exact) mass is 356 g/mol. The molecule has 1 N–H and O–H groups in total. The lowest BCUT2D eigenvalue weighted by Crippen LogP contribution is -2.29. The van der Waals surface area contributed by atoms with Crippen molar-refractivity contribution in [2.75, 3.05) is 12.4 Å². The number of hydrogen-bond acceptors (Lipinski definition) is 4. The smallest absolute Gasteiger partial charge is 0.311 e. The van der Waals surface area contributed by atoms with Gasteiger partial charge >= 0.3 is 5.69 Å². The van der Waals surface area contributed by atoms with Gasteiger partial charge in [0.25, 0.3) is 0 Å². The molecule has 0 radical (unpaired) electrons. The second kappa shape index (κ2) is 6.08. The van der Waals surface area contributed by atoms with Crippen LogP contribution < -0.4 is 10.1 Å². The summed E-state index contributed by atoms with van der Waals surface area (Å²) in [6, 6.07) is 11.0. The van der Waals surface area contributed by atoms with Gasteiger partial charge in [-0.15, -0.1) is 0 Å². The zero-order valence-corrected chi connectivity index (χ0v) is 14.4. The Labute approximate surface area is 150 Å². The van der Waals surface area contributed by atoms with Crippen molar-refractivity contribution in [3.8, 4) is 5.75 Å². The van der Waals surface area contributed by atoms with Crippen molar-refractivity contribution in [2.24, 2.45) is 5.92 Å². The predicted octanol–water partition coefficient (Wildman–Crippen LogP) is 5.08. The molecule has 0 saturated heterocycles. The Hall–Kier alpha value is -2.53. The fourth-order valence-electron chi connectivity index (χ4n) is 3.94. The number of allylic oxidation sites excluding steroid dienone is 2. The molecule has 0 spiro atoms. The van der Waals surface area contributed by atoms with E-state index in [1.54, 1.807) is 12.1 Å². The average Bonchev–Trinajstić information content (AvgIpc) is 3.10. The van der Waals surface area contributed by atoms with Crippen LogP contribution in [0.25, 0.3) is 0 Å². The lowest BCUT2D eigenvalue weighted by atomic mass is 9.77. The maximum Gasteiger partial charge on any atom is 0.311 e. The molecule has 2 aromatic rings. The highest BCUT2D eigenvalue weighted by Gasteiger charge is 2.38. The minimum atomic E-state index is -0.400. The van der Waals surface area contributed by atoms with Gasteiger partial charge < -0.3 is 10.1 Å². The molecule has 0 aromatic heterocycles. The van der Waals surface area contributed by atoms with Crippen LogP contribution in [-0.2, 0) is 0 Å². The highest BCUT2D eigenvalue weighted by molar-refractivity contribution is 6.30. The number of nitrogens with one attached hydrogen (secondary N) is 1. The molecule has 0 amide bonds. The summed E-state index contributed by atoms with van der Waals surface area (Å²) in [4.78, 5) is 11.0. The molecule has 3 atom stereocenters. The molecule has 0 unspecified atom stereocenters. The third-order valence-corrected chi connectivity index (χ3v) is 5.32. The number of nitro benzene ring substituents is 1. The van der Waals surface area contributed by atoms with Crippen LogP contribution in [0.5, 0.6) is 5.75 Å². The molecule has 2 aromatic carbocycles. The van der Waals surface area contributed by atoms with Gasteiger partial charge in [0.2, 0.25) is 0 Å². The van der Waals surface area contributed by atoms with E-state index < -0.39 is 4.92 Å². The summed E-state index contributed by atoms with van der Waals surface area (Å²) in [7, 11) is 1.44. The summed E-state index contributed by atoms with van der Waals surface area (Å²) in [6.07, 6.45) is 5.32. The molecule has 25 heavy (non-hydrogen) atoms. The molecule has 1 aliphatic heterocycles. The SMILES string of the molecule is COc1ccc([C@@H]2Nc3ccc(Cl)cc3[C@H]3C=CC[C@H]32)cc1[N+](=O)[O-]. The largest absolute Gasteiger partial charge is 0.490 e. The van der Waals surface area contributed by atoms with Crippen molar-refractivity contribution in [3.63, 3.8) is 0 Å². The van der Waals surface area contributed by atoms with Crippen LogP contribution in [0.3, 0.4) is 0 Å². The molecule has 0 bridgehead atoms. The number of halogens is 1. The lowest BCUT2D eigenvalue weighted by molar-refractivity contribution is -0.385. The molecule has 128 valence electrons. The lowest BCUT2D eigenvalue weighted by Gasteiger charge is -2.37. The van der Waals surface area contributed by atoms with E-state index in [-0.39, 0.29) is 23.4 Å². The van der Waals surface area contributed by atoms with Gasteiger partial charge in [-0.05, 0) is 47.7 Å². The van der Waals surface area contributed by atoms with E-state index in [2.05, 4.69) is 17.5 Å². The molecular weight excluding hydrogens is 340 g/mol. The van der Waals surface area contributed by atoms with Gasteiger partial charge in [-0.1, -0.05) is 29.8 Å². The number of nitrogens with zero attached hydrogens (tertiary/aromatic N) is 1. The molecule has 0 saturated carbocycles.